The molecule has 0 atom stereocenters. The summed E-state index contributed by atoms with van der Waals surface area (Å²) in [5.41, 5.74) is 1.73. The standard InChI is InChI=1S/C29H28N2O6S/c1-2-36-25-16-20(8-10-24(25)37-19-21-7-9-22-5-3-4-6-23(22)15-21)17-26-28(33)31(29(34)38-26)18-27(32)30-11-13-35-14-12-30/h3-10,15-17H,2,11-14,18-19H2,1H3/b26-17+. The average Bonchev–Trinajstić information content (AvgIpc) is 3.20. The molecule has 2 fully saturated rings. The number of hydrogen-bond acceptors (Lipinski definition) is 7. The van der Waals surface area contributed by atoms with Gasteiger partial charge in [0, 0.05) is 13.1 Å². The largest absolute Gasteiger partial charge is 0.490 e. The molecule has 0 unspecified atom stereocenters. The van der Waals surface area contributed by atoms with Gasteiger partial charge in [0.2, 0.25) is 5.91 Å². The van der Waals surface area contributed by atoms with Gasteiger partial charge in [-0.3, -0.25) is 19.3 Å². The summed E-state index contributed by atoms with van der Waals surface area (Å²) in [4.78, 5) is 40.9. The third kappa shape index (κ3) is 5.84. The van der Waals surface area contributed by atoms with E-state index in [9.17, 15) is 14.4 Å². The first kappa shape index (κ1) is 25.8. The molecule has 0 N–H and O–H groups in total. The van der Waals surface area contributed by atoms with Gasteiger partial charge in [0.05, 0.1) is 24.7 Å². The third-order valence-electron chi connectivity index (χ3n) is 6.30. The van der Waals surface area contributed by atoms with Crippen LogP contribution < -0.4 is 9.47 Å². The molecule has 196 valence electrons. The molecule has 2 aliphatic rings. The van der Waals surface area contributed by atoms with Crippen LogP contribution in [0.25, 0.3) is 16.8 Å². The number of imide groups is 1. The van der Waals surface area contributed by atoms with Gasteiger partial charge in [0.1, 0.15) is 13.2 Å². The minimum Gasteiger partial charge on any atom is -0.490 e. The highest BCUT2D eigenvalue weighted by atomic mass is 32.2. The second-order valence-electron chi connectivity index (χ2n) is 8.87. The fourth-order valence-corrected chi connectivity index (χ4v) is 5.17. The monoisotopic (exact) mass is 532 g/mol. The molecule has 38 heavy (non-hydrogen) atoms. The Balaban J connectivity index is 1.28. The first-order valence-corrected chi connectivity index (χ1v) is 13.3. The molecular formula is C29H28N2O6S. The van der Waals surface area contributed by atoms with E-state index >= 15 is 0 Å². The summed E-state index contributed by atoms with van der Waals surface area (Å²) in [7, 11) is 0. The van der Waals surface area contributed by atoms with Crippen LogP contribution in [0.2, 0.25) is 0 Å². The molecule has 0 aromatic heterocycles. The van der Waals surface area contributed by atoms with E-state index in [4.69, 9.17) is 14.2 Å². The van der Waals surface area contributed by atoms with Gasteiger partial charge >= 0.3 is 0 Å². The molecule has 0 radical (unpaired) electrons. The Morgan fingerprint density at radius 1 is 0.974 bits per heavy atom. The van der Waals surface area contributed by atoms with Crippen molar-refractivity contribution in [2.24, 2.45) is 0 Å². The van der Waals surface area contributed by atoms with Gasteiger partial charge in [-0.25, -0.2) is 0 Å². The van der Waals surface area contributed by atoms with E-state index in [-0.39, 0.29) is 17.4 Å². The normalized spacial score (nSPS) is 16.9. The third-order valence-corrected chi connectivity index (χ3v) is 7.21. The van der Waals surface area contributed by atoms with Crippen LogP contribution in [0.4, 0.5) is 4.79 Å². The van der Waals surface area contributed by atoms with Crippen LogP contribution in [0.15, 0.2) is 65.6 Å². The Labute approximate surface area is 225 Å². The summed E-state index contributed by atoms with van der Waals surface area (Å²) in [5.74, 6) is 0.393. The lowest BCUT2D eigenvalue weighted by atomic mass is 10.1. The van der Waals surface area contributed by atoms with E-state index in [0.29, 0.717) is 56.6 Å². The smallest absolute Gasteiger partial charge is 0.294 e. The van der Waals surface area contributed by atoms with Crippen LogP contribution >= 0.6 is 11.8 Å². The highest BCUT2D eigenvalue weighted by Gasteiger charge is 2.37. The highest BCUT2D eigenvalue weighted by molar-refractivity contribution is 8.18. The lowest BCUT2D eigenvalue weighted by molar-refractivity contribution is -0.139. The molecule has 3 amide bonds. The molecule has 3 aromatic carbocycles. The van der Waals surface area contributed by atoms with Gasteiger partial charge in [-0.05, 0) is 64.9 Å². The maximum absolute atomic E-state index is 12.9. The van der Waals surface area contributed by atoms with E-state index in [0.717, 1.165) is 27.6 Å². The topological polar surface area (TPSA) is 85.4 Å². The minimum atomic E-state index is -0.476. The Bertz CT molecular complexity index is 1400. The summed E-state index contributed by atoms with van der Waals surface area (Å²) in [5, 5.41) is 1.86. The highest BCUT2D eigenvalue weighted by Crippen LogP contribution is 2.35. The predicted molar refractivity (Wildman–Crippen MR) is 146 cm³/mol. The lowest BCUT2D eigenvalue weighted by Crippen LogP contribution is -2.46. The first-order chi connectivity index (χ1) is 18.5. The number of carbonyl (C=O) groups is 3. The lowest BCUT2D eigenvalue weighted by Gasteiger charge is -2.28. The van der Waals surface area contributed by atoms with Crippen molar-refractivity contribution in [1.82, 2.24) is 9.80 Å². The molecule has 5 rings (SSSR count). The summed E-state index contributed by atoms with van der Waals surface area (Å²) in [6, 6.07) is 19.8. The molecule has 0 saturated carbocycles. The van der Waals surface area contributed by atoms with Gasteiger partial charge in [-0.1, -0.05) is 42.5 Å². The zero-order chi connectivity index (χ0) is 26.5. The molecular weight excluding hydrogens is 504 g/mol. The van der Waals surface area contributed by atoms with Crippen molar-refractivity contribution in [3.05, 3.63) is 76.7 Å². The Hall–Kier alpha value is -3.82. The van der Waals surface area contributed by atoms with Gasteiger partial charge < -0.3 is 19.1 Å². The number of carbonyl (C=O) groups excluding carboxylic acids is 3. The van der Waals surface area contributed by atoms with Crippen molar-refractivity contribution >= 4 is 45.7 Å². The number of amides is 3. The van der Waals surface area contributed by atoms with Crippen LogP contribution in [-0.2, 0) is 20.9 Å². The Morgan fingerprint density at radius 2 is 1.76 bits per heavy atom. The van der Waals surface area contributed by atoms with Crippen LogP contribution in [0, 0.1) is 0 Å². The number of hydrogen-bond donors (Lipinski definition) is 0. The summed E-state index contributed by atoms with van der Waals surface area (Å²) >= 11 is 0.828. The van der Waals surface area contributed by atoms with E-state index < -0.39 is 11.1 Å². The number of thioether (sulfide) groups is 1. The Kier molecular flexibility index (Phi) is 7.95. The fourth-order valence-electron chi connectivity index (χ4n) is 4.33. The minimum absolute atomic E-state index is 0.261. The molecule has 0 bridgehead atoms. The molecule has 2 aliphatic heterocycles. The van der Waals surface area contributed by atoms with E-state index in [1.165, 1.54) is 5.39 Å². The van der Waals surface area contributed by atoms with Crippen molar-refractivity contribution in [1.29, 1.82) is 0 Å². The molecule has 0 spiro atoms. The molecule has 0 aliphatic carbocycles. The van der Waals surface area contributed by atoms with Crippen molar-refractivity contribution < 1.29 is 28.6 Å². The number of nitrogens with zero attached hydrogens (tertiary/aromatic N) is 2. The maximum Gasteiger partial charge on any atom is 0.294 e. The summed E-state index contributed by atoms with van der Waals surface area (Å²) in [6.45, 7) is 4.26. The van der Waals surface area contributed by atoms with Crippen molar-refractivity contribution in [3.63, 3.8) is 0 Å². The maximum atomic E-state index is 12.9. The van der Waals surface area contributed by atoms with Crippen molar-refractivity contribution in [3.8, 4) is 11.5 Å². The first-order valence-electron chi connectivity index (χ1n) is 12.5. The van der Waals surface area contributed by atoms with Crippen LogP contribution in [-0.4, -0.2) is 66.3 Å². The van der Waals surface area contributed by atoms with Gasteiger partial charge in [-0.15, -0.1) is 0 Å². The quantitative estimate of drug-likeness (QED) is 0.389. The zero-order valence-electron chi connectivity index (χ0n) is 21.1. The SMILES string of the molecule is CCOc1cc(/C=C2/SC(=O)N(CC(=O)N3CCOCC3)C2=O)ccc1OCc1ccc2ccccc2c1. The summed E-state index contributed by atoms with van der Waals surface area (Å²) < 4.78 is 17.1. The van der Waals surface area contributed by atoms with Crippen molar-refractivity contribution in [2.75, 3.05) is 39.5 Å². The Morgan fingerprint density at radius 3 is 2.55 bits per heavy atom. The van der Waals surface area contributed by atoms with Gasteiger partial charge in [-0.2, -0.15) is 0 Å². The molecule has 8 nitrogen and oxygen atoms in total. The second kappa shape index (κ2) is 11.7. The molecule has 2 saturated heterocycles. The zero-order valence-corrected chi connectivity index (χ0v) is 21.9. The molecule has 2 heterocycles. The van der Waals surface area contributed by atoms with E-state index in [1.807, 2.05) is 31.2 Å². The van der Waals surface area contributed by atoms with Gasteiger partial charge in [0.25, 0.3) is 11.1 Å². The van der Waals surface area contributed by atoms with Crippen LogP contribution in [0.5, 0.6) is 11.5 Å². The number of fused-ring (bicyclic) bond motifs is 1. The van der Waals surface area contributed by atoms with Crippen LogP contribution in [0.3, 0.4) is 0 Å². The van der Waals surface area contributed by atoms with Crippen molar-refractivity contribution in [2.45, 2.75) is 13.5 Å². The van der Waals surface area contributed by atoms with E-state index in [2.05, 4.69) is 24.3 Å². The number of rotatable bonds is 8. The fraction of sp³-hybridized carbons (Fsp3) is 0.276. The second-order valence-corrected chi connectivity index (χ2v) is 9.86. The van der Waals surface area contributed by atoms with E-state index in [1.54, 1.807) is 23.1 Å². The molecule has 3 aromatic rings. The number of benzene rings is 3. The predicted octanol–water partition coefficient (Wildman–Crippen LogP) is 4.71. The number of morpholine rings is 1. The van der Waals surface area contributed by atoms with Gasteiger partial charge in [0.15, 0.2) is 11.5 Å². The molecule has 9 heteroatoms. The van der Waals surface area contributed by atoms with Crippen LogP contribution in [0.1, 0.15) is 18.1 Å². The average molecular weight is 533 g/mol. The number of ether oxygens (including phenoxy) is 3. The summed E-state index contributed by atoms with van der Waals surface area (Å²) in [6.07, 6.45) is 1.64.